The van der Waals surface area contributed by atoms with E-state index in [4.69, 9.17) is 0 Å². The highest BCUT2D eigenvalue weighted by molar-refractivity contribution is 7.65. The SMILES string of the molecule is CCCCP(=O)(CCCC)C(C)(O)C=C(C)C. The zero-order valence-electron chi connectivity index (χ0n) is 12.1. The first-order chi connectivity index (χ1) is 7.79. The second-order valence-electron chi connectivity index (χ2n) is 5.36. The maximum Gasteiger partial charge on any atom is 0.133 e. The van der Waals surface area contributed by atoms with Gasteiger partial charge in [-0.3, -0.25) is 0 Å². The summed E-state index contributed by atoms with van der Waals surface area (Å²) in [6.07, 6.45) is 7.04. The monoisotopic (exact) mass is 260 g/mol. The van der Waals surface area contributed by atoms with Crippen LogP contribution in [0, 0.1) is 0 Å². The first-order valence-corrected chi connectivity index (χ1v) is 8.83. The van der Waals surface area contributed by atoms with E-state index in [-0.39, 0.29) is 0 Å². The molecule has 0 bridgehead atoms. The summed E-state index contributed by atoms with van der Waals surface area (Å²) in [7, 11) is -2.53. The topological polar surface area (TPSA) is 37.3 Å². The van der Waals surface area contributed by atoms with Crippen molar-refractivity contribution in [1.29, 1.82) is 0 Å². The van der Waals surface area contributed by atoms with Crippen LogP contribution < -0.4 is 0 Å². The molecule has 2 nitrogen and oxygen atoms in total. The maximum atomic E-state index is 13.0. The Bertz CT molecular complexity index is 277. The molecular weight excluding hydrogens is 231 g/mol. The highest BCUT2D eigenvalue weighted by atomic mass is 31.2. The van der Waals surface area contributed by atoms with Gasteiger partial charge >= 0.3 is 0 Å². The molecule has 0 saturated heterocycles. The predicted octanol–water partition coefficient (Wildman–Crippen LogP) is 4.62. The third-order valence-corrected chi connectivity index (χ3v) is 6.99. The van der Waals surface area contributed by atoms with Crippen LogP contribution >= 0.6 is 7.14 Å². The molecule has 0 aliphatic rings. The highest BCUT2D eigenvalue weighted by Crippen LogP contribution is 2.58. The Labute approximate surface area is 107 Å². The van der Waals surface area contributed by atoms with Crippen LogP contribution in [0.3, 0.4) is 0 Å². The molecule has 0 aliphatic carbocycles. The molecule has 1 atom stereocenters. The molecule has 0 fully saturated rings. The molecule has 0 amide bonds. The van der Waals surface area contributed by atoms with Gasteiger partial charge < -0.3 is 9.67 Å². The van der Waals surface area contributed by atoms with E-state index in [1.54, 1.807) is 13.0 Å². The van der Waals surface area contributed by atoms with Gasteiger partial charge in [-0.2, -0.15) is 0 Å². The first kappa shape index (κ1) is 16.9. The van der Waals surface area contributed by atoms with Gasteiger partial charge in [-0.15, -0.1) is 0 Å². The number of hydrogen-bond donors (Lipinski definition) is 1. The molecule has 17 heavy (non-hydrogen) atoms. The Balaban J connectivity index is 5.01. The summed E-state index contributed by atoms with van der Waals surface area (Å²) in [6, 6.07) is 0. The summed E-state index contributed by atoms with van der Waals surface area (Å²) in [6.45, 7) is 9.79. The van der Waals surface area contributed by atoms with E-state index < -0.39 is 12.5 Å². The van der Waals surface area contributed by atoms with Crippen LogP contribution in [-0.4, -0.2) is 22.8 Å². The largest absolute Gasteiger partial charge is 0.378 e. The van der Waals surface area contributed by atoms with E-state index in [0.29, 0.717) is 12.3 Å². The minimum absolute atomic E-state index is 0.667. The maximum absolute atomic E-state index is 13.0. The minimum atomic E-state index is -2.53. The van der Waals surface area contributed by atoms with Crippen molar-refractivity contribution in [1.82, 2.24) is 0 Å². The van der Waals surface area contributed by atoms with Crippen LogP contribution in [0.2, 0.25) is 0 Å². The van der Waals surface area contributed by atoms with E-state index in [0.717, 1.165) is 31.3 Å². The Hall–Kier alpha value is -0.0700. The van der Waals surface area contributed by atoms with Crippen LogP contribution in [0.5, 0.6) is 0 Å². The van der Waals surface area contributed by atoms with Gasteiger partial charge in [0.05, 0.1) is 0 Å². The fraction of sp³-hybridized carbons (Fsp3) is 0.857. The third kappa shape index (κ3) is 5.40. The standard InChI is InChI=1S/C14H29O2P/c1-6-8-10-17(16,11-9-7-2)14(5,15)12-13(3)4/h12,15H,6-11H2,1-5H3. The Morgan fingerprint density at radius 3 is 1.88 bits per heavy atom. The van der Waals surface area contributed by atoms with Gasteiger partial charge in [-0.1, -0.05) is 32.3 Å². The van der Waals surface area contributed by atoms with Gasteiger partial charge in [0.1, 0.15) is 12.5 Å². The Kier molecular flexibility index (Phi) is 7.35. The second-order valence-corrected chi connectivity index (χ2v) is 8.94. The number of aliphatic hydroxyl groups is 1. The number of hydrogen-bond acceptors (Lipinski definition) is 2. The van der Waals surface area contributed by atoms with E-state index in [1.807, 2.05) is 13.8 Å². The predicted molar refractivity (Wildman–Crippen MR) is 77.2 cm³/mol. The van der Waals surface area contributed by atoms with Crippen LogP contribution in [0.1, 0.15) is 60.3 Å². The zero-order valence-corrected chi connectivity index (χ0v) is 13.0. The molecule has 0 aromatic carbocycles. The van der Waals surface area contributed by atoms with Crippen molar-refractivity contribution >= 4 is 7.14 Å². The molecule has 0 rings (SSSR count). The minimum Gasteiger partial charge on any atom is -0.378 e. The smallest absolute Gasteiger partial charge is 0.133 e. The molecule has 0 radical (unpaired) electrons. The van der Waals surface area contributed by atoms with Crippen LogP contribution in [0.15, 0.2) is 11.6 Å². The van der Waals surface area contributed by atoms with Gasteiger partial charge in [0, 0.05) is 12.3 Å². The lowest BCUT2D eigenvalue weighted by molar-refractivity contribution is 0.190. The van der Waals surface area contributed by atoms with Crippen molar-refractivity contribution in [3.8, 4) is 0 Å². The third-order valence-electron chi connectivity index (χ3n) is 3.13. The molecule has 3 heteroatoms. The van der Waals surface area contributed by atoms with Crippen LogP contribution in [-0.2, 0) is 4.57 Å². The van der Waals surface area contributed by atoms with E-state index in [9.17, 15) is 9.67 Å². The lowest BCUT2D eigenvalue weighted by Crippen LogP contribution is -2.25. The molecule has 0 aromatic rings. The molecule has 0 spiro atoms. The van der Waals surface area contributed by atoms with E-state index >= 15 is 0 Å². The fourth-order valence-electron chi connectivity index (χ4n) is 2.06. The average Bonchev–Trinajstić information content (AvgIpc) is 2.21. The van der Waals surface area contributed by atoms with E-state index in [2.05, 4.69) is 13.8 Å². The first-order valence-electron chi connectivity index (χ1n) is 6.75. The van der Waals surface area contributed by atoms with Gasteiger partial charge in [0.2, 0.25) is 0 Å². The molecule has 102 valence electrons. The van der Waals surface area contributed by atoms with Crippen LogP contribution in [0.4, 0.5) is 0 Å². The summed E-state index contributed by atoms with van der Waals surface area (Å²) in [5.74, 6) is 0. The molecule has 0 heterocycles. The molecule has 1 unspecified atom stereocenters. The number of rotatable bonds is 8. The molecule has 0 aromatic heterocycles. The molecule has 1 N–H and O–H groups in total. The summed E-state index contributed by atoms with van der Waals surface area (Å²) in [4.78, 5) is 0. The average molecular weight is 260 g/mol. The van der Waals surface area contributed by atoms with Crippen molar-refractivity contribution in [2.24, 2.45) is 0 Å². The number of allylic oxidation sites excluding steroid dienone is 1. The molecular formula is C14H29O2P. The Morgan fingerprint density at radius 1 is 1.18 bits per heavy atom. The van der Waals surface area contributed by atoms with Gasteiger partial charge in [-0.05, 0) is 39.7 Å². The number of unbranched alkanes of at least 4 members (excludes halogenated alkanes) is 2. The summed E-state index contributed by atoms with van der Waals surface area (Å²) >= 11 is 0. The summed E-state index contributed by atoms with van der Waals surface area (Å²) < 4.78 is 13.0. The molecule has 0 saturated carbocycles. The van der Waals surface area contributed by atoms with E-state index in [1.165, 1.54) is 0 Å². The Morgan fingerprint density at radius 2 is 1.59 bits per heavy atom. The molecule has 0 aliphatic heterocycles. The van der Waals surface area contributed by atoms with Gasteiger partial charge in [0.25, 0.3) is 0 Å². The van der Waals surface area contributed by atoms with Crippen molar-refractivity contribution in [3.05, 3.63) is 11.6 Å². The van der Waals surface area contributed by atoms with Gasteiger partial charge in [0.15, 0.2) is 0 Å². The van der Waals surface area contributed by atoms with Crippen molar-refractivity contribution in [2.45, 2.75) is 65.6 Å². The lowest BCUT2D eigenvalue weighted by Gasteiger charge is -2.31. The normalized spacial score (nSPS) is 15.4. The quantitative estimate of drug-likeness (QED) is 0.510. The van der Waals surface area contributed by atoms with Crippen molar-refractivity contribution in [3.63, 3.8) is 0 Å². The lowest BCUT2D eigenvalue weighted by atomic mass is 10.2. The van der Waals surface area contributed by atoms with Crippen molar-refractivity contribution < 1.29 is 9.67 Å². The fourth-order valence-corrected chi connectivity index (χ4v) is 5.33. The van der Waals surface area contributed by atoms with Crippen molar-refractivity contribution in [2.75, 3.05) is 12.3 Å². The summed E-state index contributed by atoms with van der Waals surface area (Å²) in [5.41, 5.74) is 1.03. The highest BCUT2D eigenvalue weighted by Gasteiger charge is 2.39. The van der Waals surface area contributed by atoms with Crippen LogP contribution in [0.25, 0.3) is 0 Å². The second kappa shape index (κ2) is 7.38. The summed E-state index contributed by atoms with van der Waals surface area (Å²) in [5, 5.41) is 9.39. The van der Waals surface area contributed by atoms with Gasteiger partial charge in [-0.25, -0.2) is 0 Å². The zero-order chi connectivity index (χ0) is 13.5.